The summed E-state index contributed by atoms with van der Waals surface area (Å²) in [6.07, 6.45) is 2.00. The van der Waals surface area contributed by atoms with E-state index < -0.39 is 5.97 Å². The van der Waals surface area contributed by atoms with Crippen molar-refractivity contribution < 1.29 is 23.6 Å². The second-order valence-electron chi connectivity index (χ2n) is 8.15. The van der Waals surface area contributed by atoms with Crippen LogP contribution in [0.25, 0.3) is 10.4 Å². The van der Waals surface area contributed by atoms with Crippen LogP contribution in [0.4, 0.5) is 9.52 Å². The zero-order valence-corrected chi connectivity index (χ0v) is 18.9. The third-order valence-electron chi connectivity index (χ3n) is 5.90. The first kappa shape index (κ1) is 22.9. The number of piperidine rings is 1. The largest absolute Gasteiger partial charge is 0.477 e. The number of amides is 1. The van der Waals surface area contributed by atoms with E-state index in [-0.39, 0.29) is 29.4 Å². The minimum atomic E-state index is -0.990. The van der Waals surface area contributed by atoms with Gasteiger partial charge in [0.05, 0.1) is 10.6 Å². The molecule has 11 heteroatoms. The van der Waals surface area contributed by atoms with Crippen molar-refractivity contribution in [2.24, 2.45) is 11.7 Å². The number of nitrogens with zero attached hydrogens (tertiary/aromatic N) is 3. The maximum Gasteiger partial charge on any atom is 0.341 e. The average molecular weight is 474 g/mol. The smallest absolute Gasteiger partial charge is 0.341 e. The van der Waals surface area contributed by atoms with Gasteiger partial charge in [0.1, 0.15) is 22.8 Å². The monoisotopic (exact) mass is 473 g/mol. The first-order chi connectivity index (χ1) is 15.7. The molecule has 5 N–H and O–H groups in total. The summed E-state index contributed by atoms with van der Waals surface area (Å²) in [4.78, 5) is 30.1. The van der Waals surface area contributed by atoms with Gasteiger partial charge in [0.25, 0.3) is 5.91 Å². The molecular formula is C22H24FN5O4S. The number of aryl methyl sites for hydroxylation is 2. The molecule has 1 amide bonds. The number of benzene rings is 1. The highest BCUT2D eigenvalue weighted by Crippen LogP contribution is 2.48. The fraction of sp³-hybridized carbons (Fsp3) is 0.364. The van der Waals surface area contributed by atoms with Gasteiger partial charge in [0.2, 0.25) is 0 Å². The van der Waals surface area contributed by atoms with Crippen LogP contribution in [0.2, 0.25) is 0 Å². The predicted molar refractivity (Wildman–Crippen MR) is 120 cm³/mol. The molecule has 0 radical (unpaired) electrons. The summed E-state index contributed by atoms with van der Waals surface area (Å²) in [5.41, 5.74) is 13.2. The third kappa shape index (κ3) is 4.46. The van der Waals surface area contributed by atoms with E-state index in [1.165, 1.54) is 23.5 Å². The minimum Gasteiger partial charge on any atom is -0.477 e. The summed E-state index contributed by atoms with van der Waals surface area (Å²) in [7, 11) is 0. The highest BCUT2D eigenvalue weighted by Gasteiger charge is 2.54. The Bertz CT molecular complexity index is 1190. The molecule has 0 unspecified atom stereocenters. The second kappa shape index (κ2) is 8.91. The second-order valence-corrected chi connectivity index (χ2v) is 9.18. The van der Waals surface area contributed by atoms with Gasteiger partial charge < -0.3 is 26.0 Å². The Hall–Kier alpha value is -3.31. The summed E-state index contributed by atoms with van der Waals surface area (Å²) in [6.45, 7) is 3.62. The van der Waals surface area contributed by atoms with Crippen LogP contribution in [0.3, 0.4) is 0 Å². The van der Waals surface area contributed by atoms with E-state index in [4.69, 9.17) is 16.6 Å². The molecular weight excluding hydrogens is 449 g/mol. The first-order valence-electron chi connectivity index (χ1n) is 10.4. The number of carboxylic acid groups (broad SMARTS) is 1. The van der Waals surface area contributed by atoms with Crippen LogP contribution in [0.1, 0.15) is 45.1 Å². The number of aromatic carboxylic acids is 1. The number of nitrogens with two attached hydrogens (primary N) is 2. The number of likely N-dealkylation sites (tertiary alicyclic amines) is 1. The van der Waals surface area contributed by atoms with Gasteiger partial charge in [-0.15, -0.1) is 0 Å². The molecule has 2 aromatic heterocycles. The SMILES string of the molecule is Cc1noc(C)c1C(=O)O.NC[C@@H]1C[C@@H]2C[C@@H]2N1C(=O)c1nc(N)sc1-c1cccc(F)c1. The number of carbonyl (C=O) groups excluding carboxylic acids is 1. The Morgan fingerprint density at radius 3 is 2.67 bits per heavy atom. The van der Waals surface area contributed by atoms with Crippen molar-refractivity contribution in [2.75, 3.05) is 12.3 Å². The quantitative estimate of drug-likeness (QED) is 0.523. The molecule has 1 saturated carbocycles. The lowest BCUT2D eigenvalue weighted by atomic mass is 10.1. The van der Waals surface area contributed by atoms with Gasteiger partial charge in [0.15, 0.2) is 5.13 Å². The zero-order chi connectivity index (χ0) is 23.9. The molecule has 174 valence electrons. The van der Waals surface area contributed by atoms with E-state index in [9.17, 15) is 14.0 Å². The molecule has 1 aromatic carbocycles. The van der Waals surface area contributed by atoms with Gasteiger partial charge in [-0.2, -0.15) is 0 Å². The van der Waals surface area contributed by atoms with E-state index >= 15 is 0 Å². The number of carbonyl (C=O) groups is 2. The molecule has 0 spiro atoms. The van der Waals surface area contributed by atoms with Crippen molar-refractivity contribution in [3.8, 4) is 10.4 Å². The number of thiazole rings is 1. The molecule has 1 aliphatic carbocycles. The van der Waals surface area contributed by atoms with E-state index in [0.29, 0.717) is 45.2 Å². The molecule has 5 rings (SSSR count). The van der Waals surface area contributed by atoms with Crippen LogP contribution in [-0.4, -0.2) is 50.7 Å². The van der Waals surface area contributed by atoms with Crippen LogP contribution in [-0.2, 0) is 0 Å². The van der Waals surface area contributed by atoms with Crippen molar-refractivity contribution in [2.45, 2.75) is 38.8 Å². The Kier molecular flexibility index (Phi) is 6.17. The number of hydrogen-bond donors (Lipinski definition) is 3. The van der Waals surface area contributed by atoms with Crippen molar-refractivity contribution in [1.29, 1.82) is 0 Å². The molecule has 3 heterocycles. The number of rotatable bonds is 4. The summed E-state index contributed by atoms with van der Waals surface area (Å²) in [5, 5.41) is 12.3. The highest BCUT2D eigenvalue weighted by molar-refractivity contribution is 7.19. The Morgan fingerprint density at radius 1 is 1.33 bits per heavy atom. The molecule has 1 aliphatic heterocycles. The lowest BCUT2D eigenvalue weighted by Gasteiger charge is -2.26. The normalized spacial score (nSPS) is 20.7. The van der Waals surface area contributed by atoms with Crippen LogP contribution in [0.5, 0.6) is 0 Å². The van der Waals surface area contributed by atoms with Gasteiger partial charge in [0, 0.05) is 18.6 Å². The van der Waals surface area contributed by atoms with Crippen LogP contribution < -0.4 is 11.5 Å². The van der Waals surface area contributed by atoms with E-state index in [2.05, 4.69) is 14.7 Å². The van der Waals surface area contributed by atoms with Crippen LogP contribution in [0, 0.1) is 25.6 Å². The topological polar surface area (TPSA) is 149 Å². The number of nitrogen functional groups attached to an aromatic ring is 1. The molecule has 2 aliphatic rings. The summed E-state index contributed by atoms with van der Waals surface area (Å²) >= 11 is 1.21. The molecule has 9 nitrogen and oxygen atoms in total. The van der Waals surface area contributed by atoms with Crippen LogP contribution in [0.15, 0.2) is 28.8 Å². The van der Waals surface area contributed by atoms with E-state index in [1.807, 2.05) is 4.90 Å². The molecule has 3 aromatic rings. The first-order valence-corrected chi connectivity index (χ1v) is 11.2. The van der Waals surface area contributed by atoms with Crippen molar-refractivity contribution in [3.05, 3.63) is 52.8 Å². The maximum absolute atomic E-state index is 13.5. The van der Waals surface area contributed by atoms with Crippen molar-refractivity contribution in [3.63, 3.8) is 0 Å². The van der Waals surface area contributed by atoms with Gasteiger partial charge in [-0.25, -0.2) is 14.2 Å². The number of hydrogen-bond acceptors (Lipinski definition) is 8. The predicted octanol–water partition coefficient (Wildman–Crippen LogP) is 3.08. The van der Waals surface area contributed by atoms with Crippen molar-refractivity contribution >= 4 is 28.3 Å². The molecule has 33 heavy (non-hydrogen) atoms. The Balaban J connectivity index is 0.000000219. The Morgan fingerprint density at radius 2 is 2.09 bits per heavy atom. The fourth-order valence-corrected chi connectivity index (χ4v) is 5.12. The molecule has 3 atom stereocenters. The Labute approximate surface area is 193 Å². The van der Waals surface area contributed by atoms with Crippen molar-refractivity contribution in [1.82, 2.24) is 15.0 Å². The zero-order valence-electron chi connectivity index (χ0n) is 18.1. The maximum atomic E-state index is 13.5. The average Bonchev–Trinajstić information content (AvgIpc) is 3.08. The number of anilines is 1. The molecule has 1 saturated heterocycles. The van der Waals surface area contributed by atoms with Gasteiger partial charge in [-0.1, -0.05) is 28.6 Å². The van der Waals surface area contributed by atoms with E-state index in [0.717, 1.165) is 12.8 Å². The van der Waals surface area contributed by atoms with Gasteiger partial charge in [-0.05, 0) is 50.3 Å². The van der Waals surface area contributed by atoms with Crippen LogP contribution >= 0.6 is 11.3 Å². The third-order valence-corrected chi connectivity index (χ3v) is 6.83. The molecule has 2 fully saturated rings. The number of halogens is 1. The lowest BCUT2D eigenvalue weighted by molar-refractivity contribution is 0.0688. The number of carboxylic acids is 1. The highest BCUT2D eigenvalue weighted by atomic mass is 32.1. The summed E-state index contributed by atoms with van der Waals surface area (Å²) < 4.78 is 18.1. The van der Waals surface area contributed by atoms with Gasteiger partial charge >= 0.3 is 5.97 Å². The lowest BCUT2D eigenvalue weighted by Crippen LogP contribution is -2.42. The summed E-state index contributed by atoms with van der Waals surface area (Å²) in [6, 6.07) is 6.48. The standard InChI is InChI=1S/C16H17FN4OS.C6H7NO3/c17-10-3-1-2-8(4-10)14-13(20-16(19)23-14)15(22)21-11(7-18)5-9-6-12(9)21;1-3-5(6(8)9)4(2)10-7-3/h1-4,9,11-12H,5-7,18H2,(H2,19,20);1-2H3,(H,8,9)/t9-,11+,12+;/m1./s1. The summed E-state index contributed by atoms with van der Waals surface area (Å²) in [5.74, 6) is -0.559. The molecule has 0 bridgehead atoms. The van der Waals surface area contributed by atoms with E-state index in [1.54, 1.807) is 26.0 Å². The minimum absolute atomic E-state index is 0.0644. The number of aromatic nitrogens is 2. The number of fused-ring (bicyclic) bond motifs is 1. The van der Waals surface area contributed by atoms with Gasteiger partial charge in [-0.3, -0.25) is 4.79 Å². The fourth-order valence-electron chi connectivity index (χ4n) is 4.30.